The molecule has 1 saturated heterocycles. The molecule has 0 radical (unpaired) electrons. The first-order chi connectivity index (χ1) is 12.1. The number of hydrogen-bond acceptors (Lipinski definition) is 7. The molecule has 1 aromatic heterocycles. The first kappa shape index (κ1) is 17.8. The van der Waals surface area contributed by atoms with Crippen LogP contribution in [-0.2, 0) is 11.3 Å². The van der Waals surface area contributed by atoms with Crippen molar-refractivity contribution < 1.29 is 9.53 Å². The molecule has 1 amide bonds. The third kappa shape index (κ3) is 5.22. The standard InChI is InChI=1S/C17H23N5O2S/c1-13-19-20-17(25-13)18-16(23)12-22-8-6-21(7-9-22)11-14-4-3-5-15(10-14)24-2/h3-5,10H,6-9,11-12H2,1-2H3,(H,18,20,23). The number of benzene rings is 1. The smallest absolute Gasteiger partial charge is 0.240 e. The molecule has 134 valence electrons. The molecule has 3 rings (SSSR count). The van der Waals surface area contributed by atoms with Crippen LogP contribution in [0, 0.1) is 6.92 Å². The summed E-state index contributed by atoms with van der Waals surface area (Å²) in [5.74, 6) is 0.858. The zero-order chi connectivity index (χ0) is 17.6. The number of hydrogen-bond donors (Lipinski definition) is 1. The zero-order valence-corrected chi connectivity index (χ0v) is 15.4. The number of nitrogens with zero attached hydrogens (tertiary/aromatic N) is 4. The van der Waals surface area contributed by atoms with Crippen LogP contribution < -0.4 is 10.1 Å². The van der Waals surface area contributed by atoms with Crippen LogP contribution in [0.15, 0.2) is 24.3 Å². The van der Waals surface area contributed by atoms with Crippen LogP contribution in [0.25, 0.3) is 0 Å². The molecule has 1 aromatic carbocycles. The van der Waals surface area contributed by atoms with Gasteiger partial charge in [-0.05, 0) is 24.6 Å². The summed E-state index contributed by atoms with van der Waals surface area (Å²) in [6.07, 6.45) is 0. The van der Waals surface area contributed by atoms with Gasteiger partial charge in [0.1, 0.15) is 10.8 Å². The average Bonchev–Trinajstić information content (AvgIpc) is 3.01. The van der Waals surface area contributed by atoms with E-state index in [0.29, 0.717) is 11.7 Å². The largest absolute Gasteiger partial charge is 0.497 e. The fraction of sp³-hybridized carbons (Fsp3) is 0.471. The van der Waals surface area contributed by atoms with E-state index in [2.05, 4.69) is 37.4 Å². The van der Waals surface area contributed by atoms with Crippen molar-refractivity contribution in [3.05, 3.63) is 34.8 Å². The van der Waals surface area contributed by atoms with E-state index in [1.165, 1.54) is 16.9 Å². The molecule has 7 nitrogen and oxygen atoms in total. The Bertz CT molecular complexity index is 713. The van der Waals surface area contributed by atoms with Gasteiger partial charge < -0.3 is 4.74 Å². The molecule has 25 heavy (non-hydrogen) atoms. The predicted molar refractivity (Wildman–Crippen MR) is 98.0 cm³/mol. The molecule has 2 aromatic rings. The number of aryl methyl sites for hydroxylation is 1. The quantitative estimate of drug-likeness (QED) is 0.843. The third-order valence-corrected chi connectivity index (χ3v) is 4.90. The number of carbonyl (C=O) groups excluding carboxylic acids is 1. The van der Waals surface area contributed by atoms with Crippen LogP contribution in [0.3, 0.4) is 0 Å². The van der Waals surface area contributed by atoms with E-state index in [-0.39, 0.29) is 5.91 Å². The maximum Gasteiger partial charge on any atom is 0.240 e. The van der Waals surface area contributed by atoms with Gasteiger partial charge in [-0.3, -0.25) is 19.9 Å². The highest BCUT2D eigenvalue weighted by Crippen LogP contribution is 2.16. The van der Waals surface area contributed by atoms with Crippen molar-refractivity contribution in [1.29, 1.82) is 0 Å². The molecular formula is C17H23N5O2S. The minimum Gasteiger partial charge on any atom is -0.497 e. The summed E-state index contributed by atoms with van der Waals surface area (Å²) < 4.78 is 5.28. The highest BCUT2D eigenvalue weighted by Gasteiger charge is 2.19. The van der Waals surface area contributed by atoms with Gasteiger partial charge >= 0.3 is 0 Å². The van der Waals surface area contributed by atoms with E-state index in [1.54, 1.807) is 7.11 Å². The number of ether oxygens (including phenoxy) is 1. The second-order valence-electron chi connectivity index (χ2n) is 6.08. The Labute approximate surface area is 151 Å². The Hall–Kier alpha value is -2.03. The Kier molecular flexibility index (Phi) is 5.95. The molecule has 1 aliphatic heterocycles. The summed E-state index contributed by atoms with van der Waals surface area (Å²) in [7, 11) is 1.69. The van der Waals surface area contributed by atoms with Crippen molar-refractivity contribution >= 4 is 22.4 Å². The Morgan fingerprint density at radius 3 is 2.68 bits per heavy atom. The summed E-state index contributed by atoms with van der Waals surface area (Å²) in [5.41, 5.74) is 1.25. The lowest BCUT2D eigenvalue weighted by Gasteiger charge is -2.34. The first-order valence-corrected chi connectivity index (χ1v) is 9.11. The van der Waals surface area contributed by atoms with Crippen LogP contribution in [0.5, 0.6) is 5.75 Å². The molecule has 0 bridgehead atoms. The minimum absolute atomic E-state index is 0.0302. The molecule has 1 N–H and O–H groups in total. The normalized spacial score (nSPS) is 15.9. The summed E-state index contributed by atoms with van der Waals surface area (Å²) >= 11 is 1.39. The molecule has 2 heterocycles. The number of carbonyl (C=O) groups is 1. The minimum atomic E-state index is -0.0302. The summed E-state index contributed by atoms with van der Waals surface area (Å²) in [6, 6.07) is 8.17. The van der Waals surface area contributed by atoms with Gasteiger partial charge in [0.15, 0.2) is 0 Å². The van der Waals surface area contributed by atoms with Crippen LogP contribution in [0.4, 0.5) is 5.13 Å². The number of amides is 1. The topological polar surface area (TPSA) is 70.6 Å². The van der Waals surface area contributed by atoms with Gasteiger partial charge in [0.2, 0.25) is 11.0 Å². The molecule has 0 saturated carbocycles. The lowest BCUT2D eigenvalue weighted by atomic mass is 10.2. The van der Waals surface area contributed by atoms with Gasteiger partial charge in [0.25, 0.3) is 0 Å². The fourth-order valence-corrected chi connectivity index (χ4v) is 3.45. The van der Waals surface area contributed by atoms with Crippen molar-refractivity contribution in [2.75, 3.05) is 45.2 Å². The fourth-order valence-electron chi connectivity index (χ4n) is 2.84. The molecular weight excluding hydrogens is 338 g/mol. The van der Waals surface area contributed by atoms with Crippen molar-refractivity contribution in [2.45, 2.75) is 13.5 Å². The van der Waals surface area contributed by atoms with Crippen LogP contribution in [-0.4, -0.2) is 65.7 Å². The van der Waals surface area contributed by atoms with E-state index >= 15 is 0 Å². The number of anilines is 1. The molecule has 0 aliphatic carbocycles. The Balaban J connectivity index is 1.42. The molecule has 0 unspecified atom stereocenters. The van der Waals surface area contributed by atoms with E-state index in [0.717, 1.165) is 43.5 Å². The van der Waals surface area contributed by atoms with Gasteiger partial charge in [0, 0.05) is 32.7 Å². The van der Waals surface area contributed by atoms with Crippen molar-refractivity contribution in [2.24, 2.45) is 0 Å². The van der Waals surface area contributed by atoms with E-state index in [1.807, 2.05) is 19.1 Å². The van der Waals surface area contributed by atoms with Crippen molar-refractivity contribution in [3.8, 4) is 5.75 Å². The molecule has 8 heteroatoms. The predicted octanol–water partition coefficient (Wildman–Crippen LogP) is 1.61. The van der Waals surface area contributed by atoms with Gasteiger partial charge in [-0.15, -0.1) is 10.2 Å². The number of piperazine rings is 1. The van der Waals surface area contributed by atoms with Gasteiger partial charge in [0.05, 0.1) is 13.7 Å². The Morgan fingerprint density at radius 2 is 2.00 bits per heavy atom. The lowest BCUT2D eigenvalue weighted by molar-refractivity contribution is -0.117. The third-order valence-electron chi connectivity index (χ3n) is 4.14. The van der Waals surface area contributed by atoms with Gasteiger partial charge in [-0.25, -0.2) is 0 Å². The number of methoxy groups -OCH3 is 1. The van der Waals surface area contributed by atoms with Gasteiger partial charge in [-0.2, -0.15) is 0 Å². The average molecular weight is 361 g/mol. The molecule has 1 aliphatic rings. The van der Waals surface area contributed by atoms with Crippen molar-refractivity contribution in [1.82, 2.24) is 20.0 Å². The molecule has 0 atom stereocenters. The van der Waals surface area contributed by atoms with Crippen LogP contribution in [0.1, 0.15) is 10.6 Å². The molecule has 0 spiro atoms. The van der Waals surface area contributed by atoms with Gasteiger partial charge in [-0.1, -0.05) is 23.5 Å². The van der Waals surface area contributed by atoms with Crippen LogP contribution >= 0.6 is 11.3 Å². The van der Waals surface area contributed by atoms with E-state index < -0.39 is 0 Å². The van der Waals surface area contributed by atoms with E-state index in [4.69, 9.17) is 4.74 Å². The monoisotopic (exact) mass is 361 g/mol. The van der Waals surface area contributed by atoms with E-state index in [9.17, 15) is 4.79 Å². The maximum absolute atomic E-state index is 12.1. The zero-order valence-electron chi connectivity index (χ0n) is 14.6. The number of nitrogens with one attached hydrogen (secondary N) is 1. The highest BCUT2D eigenvalue weighted by molar-refractivity contribution is 7.15. The summed E-state index contributed by atoms with van der Waals surface area (Å²) in [6.45, 7) is 6.83. The summed E-state index contributed by atoms with van der Waals surface area (Å²) in [4.78, 5) is 16.7. The van der Waals surface area contributed by atoms with Crippen molar-refractivity contribution in [3.63, 3.8) is 0 Å². The SMILES string of the molecule is COc1cccc(CN2CCN(CC(=O)Nc3nnc(C)s3)CC2)c1. The second-order valence-corrected chi connectivity index (χ2v) is 7.26. The lowest BCUT2D eigenvalue weighted by Crippen LogP contribution is -2.48. The Morgan fingerprint density at radius 1 is 1.24 bits per heavy atom. The second kappa shape index (κ2) is 8.37. The van der Waals surface area contributed by atoms with Crippen LogP contribution in [0.2, 0.25) is 0 Å². The first-order valence-electron chi connectivity index (χ1n) is 8.30. The number of aromatic nitrogens is 2. The highest BCUT2D eigenvalue weighted by atomic mass is 32.1. The number of rotatable bonds is 6. The maximum atomic E-state index is 12.1. The summed E-state index contributed by atoms with van der Waals surface area (Å²) in [5, 5.41) is 12.1. The molecule has 1 fully saturated rings.